The number of amides is 1. The van der Waals surface area contributed by atoms with Gasteiger partial charge in [0.1, 0.15) is 0 Å². The Bertz CT molecular complexity index is 970. The average molecular weight is 504 g/mol. The van der Waals surface area contributed by atoms with Gasteiger partial charge >= 0.3 is 0 Å². The first-order valence-electron chi connectivity index (χ1n) is 11.1. The Balaban J connectivity index is 1.65. The van der Waals surface area contributed by atoms with Gasteiger partial charge in [0.05, 0.1) is 47.5 Å². The van der Waals surface area contributed by atoms with E-state index in [-0.39, 0.29) is 31.4 Å². The molecule has 3 saturated heterocycles. The minimum absolute atomic E-state index is 0.0154. The van der Waals surface area contributed by atoms with Crippen LogP contribution in [0.3, 0.4) is 0 Å². The van der Waals surface area contributed by atoms with E-state index in [9.17, 15) is 13.2 Å². The Morgan fingerprint density at radius 1 is 1.12 bits per heavy atom. The van der Waals surface area contributed by atoms with Crippen molar-refractivity contribution in [3.05, 3.63) is 33.8 Å². The lowest BCUT2D eigenvalue weighted by Crippen LogP contribution is -2.75. The van der Waals surface area contributed by atoms with Crippen LogP contribution in [0.25, 0.3) is 0 Å². The van der Waals surface area contributed by atoms with Crippen LogP contribution >= 0.6 is 23.2 Å². The van der Waals surface area contributed by atoms with Gasteiger partial charge < -0.3 is 14.5 Å². The summed E-state index contributed by atoms with van der Waals surface area (Å²) >= 11 is 12.2. The molecular formula is C22H31Cl2N3O4S. The Morgan fingerprint density at radius 2 is 1.84 bits per heavy atom. The van der Waals surface area contributed by atoms with Crippen LogP contribution in [0.15, 0.2) is 18.2 Å². The van der Waals surface area contributed by atoms with Crippen LogP contribution in [-0.2, 0) is 26.0 Å². The van der Waals surface area contributed by atoms with Gasteiger partial charge in [-0.3, -0.25) is 4.79 Å². The zero-order valence-electron chi connectivity index (χ0n) is 18.6. The van der Waals surface area contributed by atoms with Gasteiger partial charge in [-0.05, 0) is 50.6 Å². The summed E-state index contributed by atoms with van der Waals surface area (Å²) in [5, 5.41) is 0.868. The smallest absolute Gasteiger partial charge is 0.227 e. The van der Waals surface area contributed by atoms with E-state index in [1.807, 2.05) is 17.9 Å². The quantitative estimate of drug-likeness (QED) is 0.617. The van der Waals surface area contributed by atoms with Crippen molar-refractivity contribution in [2.75, 3.05) is 52.2 Å². The molecule has 0 N–H and O–H groups in total. The predicted octanol–water partition coefficient (Wildman–Crippen LogP) is 2.51. The molecule has 3 atom stereocenters. The fourth-order valence-electron chi connectivity index (χ4n) is 5.53. The average Bonchev–Trinajstić information content (AvgIpc) is 3.23. The lowest BCUT2D eigenvalue weighted by Gasteiger charge is -2.59. The number of piperazine rings is 1. The van der Waals surface area contributed by atoms with Crippen LogP contribution in [-0.4, -0.2) is 92.2 Å². The standard InChI is InChI=1S/C22H31Cl2N3O4S/c1-22-17(13-25-7-3-4-8-25)14-31-15-20(22)27(32(2,29)30)10-9-26(22)21(28)12-16-5-6-18(23)19(24)11-16/h5-6,11,17,20H,3-4,7-10,12-15H2,1-2H3. The molecule has 0 aliphatic carbocycles. The van der Waals surface area contributed by atoms with Crippen molar-refractivity contribution < 1.29 is 17.9 Å². The van der Waals surface area contributed by atoms with Gasteiger partial charge in [-0.25, -0.2) is 8.42 Å². The zero-order chi connectivity index (χ0) is 23.1. The van der Waals surface area contributed by atoms with Gasteiger partial charge in [0, 0.05) is 25.6 Å². The fourth-order valence-corrected chi connectivity index (χ4v) is 7.00. The number of hydrogen-bond acceptors (Lipinski definition) is 5. The monoisotopic (exact) mass is 503 g/mol. The topological polar surface area (TPSA) is 70.2 Å². The Kier molecular flexibility index (Phi) is 7.11. The molecule has 3 fully saturated rings. The van der Waals surface area contributed by atoms with E-state index in [2.05, 4.69) is 4.90 Å². The maximum Gasteiger partial charge on any atom is 0.227 e. The fraction of sp³-hybridized carbons (Fsp3) is 0.682. The second-order valence-corrected chi connectivity index (χ2v) is 12.1. The minimum atomic E-state index is -3.43. The first-order chi connectivity index (χ1) is 15.1. The molecule has 1 aromatic carbocycles. The first kappa shape index (κ1) is 24.2. The van der Waals surface area contributed by atoms with Crippen molar-refractivity contribution in [2.24, 2.45) is 5.92 Å². The minimum Gasteiger partial charge on any atom is -0.379 e. The molecule has 178 valence electrons. The molecule has 3 aliphatic rings. The van der Waals surface area contributed by atoms with Gasteiger partial charge in [-0.1, -0.05) is 29.3 Å². The van der Waals surface area contributed by atoms with E-state index in [1.165, 1.54) is 23.4 Å². The van der Waals surface area contributed by atoms with E-state index < -0.39 is 21.6 Å². The van der Waals surface area contributed by atoms with Gasteiger partial charge in [0.25, 0.3) is 0 Å². The van der Waals surface area contributed by atoms with Crippen molar-refractivity contribution in [1.29, 1.82) is 0 Å². The van der Waals surface area contributed by atoms with Gasteiger partial charge in [-0.2, -0.15) is 4.31 Å². The molecule has 0 spiro atoms. The molecule has 32 heavy (non-hydrogen) atoms. The molecule has 0 radical (unpaired) electrons. The molecule has 4 rings (SSSR count). The highest BCUT2D eigenvalue weighted by Crippen LogP contribution is 2.40. The summed E-state index contributed by atoms with van der Waals surface area (Å²) in [6.07, 6.45) is 3.77. The largest absolute Gasteiger partial charge is 0.379 e. The molecule has 0 bridgehead atoms. The summed E-state index contributed by atoms with van der Waals surface area (Å²) in [4.78, 5) is 17.9. The number of likely N-dealkylation sites (tertiary alicyclic amines) is 1. The highest BCUT2D eigenvalue weighted by atomic mass is 35.5. The number of carbonyl (C=O) groups excluding carboxylic acids is 1. The number of rotatable bonds is 5. The first-order valence-corrected chi connectivity index (χ1v) is 13.7. The number of benzene rings is 1. The van der Waals surface area contributed by atoms with Crippen molar-refractivity contribution in [3.63, 3.8) is 0 Å². The van der Waals surface area contributed by atoms with Crippen LogP contribution in [0.1, 0.15) is 25.3 Å². The summed E-state index contributed by atoms with van der Waals surface area (Å²) in [5.74, 6) is -0.0148. The van der Waals surface area contributed by atoms with E-state index in [0.29, 0.717) is 23.2 Å². The molecule has 1 amide bonds. The summed E-state index contributed by atoms with van der Waals surface area (Å²) in [7, 11) is -3.43. The third kappa shape index (κ3) is 4.68. The number of sulfonamides is 1. The highest BCUT2D eigenvalue weighted by molar-refractivity contribution is 7.88. The number of nitrogens with zero attached hydrogens (tertiary/aromatic N) is 3. The van der Waals surface area contributed by atoms with Gasteiger partial charge in [0.2, 0.25) is 15.9 Å². The SMILES string of the molecule is CC12C(CN3CCCC3)COCC1N(S(C)(=O)=O)CCN2C(=O)Cc1ccc(Cl)c(Cl)c1. The van der Waals surface area contributed by atoms with E-state index in [4.69, 9.17) is 27.9 Å². The number of carbonyl (C=O) groups is 1. The van der Waals surface area contributed by atoms with Crippen LogP contribution in [0.5, 0.6) is 0 Å². The molecule has 3 unspecified atom stereocenters. The van der Waals surface area contributed by atoms with Crippen molar-refractivity contribution in [1.82, 2.24) is 14.1 Å². The highest BCUT2D eigenvalue weighted by Gasteiger charge is 2.56. The molecule has 3 aliphatic heterocycles. The van der Waals surface area contributed by atoms with Crippen molar-refractivity contribution >= 4 is 39.1 Å². The predicted molar refractivity (Wildman–Crippen MR) is 126 cm³/mol. The normalized spacial score (nSPS) is 29.8. The van der Waals surface area contributed by atoms with Crippen molar-refractivity contribution in [3.8, 4) is 0 Å². The van der Waals surface area contributed by atoms with Gasteiger partial charge in [0.15, 0.2) is 0 Å². The number of halogens is 2. The van der Waals surface area contributed by atoms with Crippen molar-refractivity contribution in [2.45, 2.75) is 37.8 Å². The molecule has 3 heterocycles. The lowest BCUT2D eigenvalue weighted by molar-refractivity contribution is -0.165. The Hall–Kier alpha value is -0.900. The Labute approximate surface area is 200 Å². The summed E-state index contributed by atoms with van der Waals surface area (Å²) < 4.78 is 32.7. The maximum atomic E-state index is 13.6. The third-order valence-electron chi connectivity index (χ3n) is 7.31. The molecule has 10 heteroatoms. The zero-order valence-corrected chi connectivity index (χ0v) is 20.9. The van der Waals surface area contributed by atoms with Crippen LogP contribution in [0.2, 0.25) is 10.0 Å². The molecule has 7 nitrogen and oxygen atoms in total. The number of ether oxygens (including phenoxy) is 1. The van der Waals surface area contributed by atoms with Crippen LogP contribution in [0, 0.1) is 5.92 Å². The van der Waals surface area contributed by atoms with E-state index in [0.717, 1.165) is 25.2 Å². The van der Waals surface area contributed by atoms with E-state index >= 15 is 0 Å². The van der Waals surface area contributed by atoms with Crippen LogP contribution in [0.4, 0.5) is 0 Å². The number of hydrogen-bond donors (Lipinski definition) is 0. The summed E-state index contributed by atoms with van der Waals surface area (Å²) in [5.41, 5.74) is 0.133. The van der Waals surface area contributed by atoms with E-state index in [1.54, 1.807) is 12.1 Å². The molecular weight excluding hydrogens is 473 g/mol. The van der Waals surface area contributed by atoms with Gasteiger partial charge in [-0.15, -0.1) is 0 Å². The second kappa shape index (κ2) is 9.39. The summed E-state index contributed by atoms with van der Waals surface area (Å²) in [6, 6.07) is 4.82. The Morgan fingerprint density at radius 3 is 2.50 bits per heavy atom. The number of fused-ring (bicyclic) bond motifs is 1. The maximum absolute atomic E-state index is 13.6. The molecule has 1 aromatic rings. The molecule has 0 aromatic heterocycles. The van der Waals surface area contributed by atoms with Crippen LogP contribution < -0.4 is 0 Å². The molecule has 0 saturated carbocycles. The third-order valence-corrected chi connectivity index (χ3v) is 9.34. The lowest BCUT2D eigenvalue weighted by atomic mass is 9.74. The second-order valence-electron chi connectivity index (χ2n) is 9.33. The summed E-state index contributed by atoms with van der Waals surface area (Å²) in [6.45, 7) is 6.33.